The number of nitrogens with one attached hydrogen (secondary N) is 1. The molecule has 1 aromatic heterocycles. The monoisotopic (exact) mass is 399 g/mol. The maximum absolute atomic E-state index is 12.7. The number of ether oxygens (including phenoxy) is 1. The Hall–Kier alpha value is -2.87. The molecule has 0 aliphatic carbocycles. The highest BCUT2D eigenvalue weighted by atomic mass is 16.5. The number of piperazine rings is 1. The van der Waals surface area contributed by atoms with E-state index in [2.05, 4.69) is 10.4 Å². The largest absolute Gasteiger partial charge is 0.493 e. The molecule has 0 radical (unpaired) electrons. The molecule has 1 saturated heterocycles. The summed E-state index contributed by atoms with van der Waals surface area (Å²) in [6.45, 7) is 6.64. The number of aromatic nitrogens is 2. The van der Waals surface area contributed by atoms with Crippen LogP contribution in [0.15, 0.2) is 36.5 Å². The highest BCUT2D eigenvalue weighted by Crippen LogP contribution is 2.17. The number of nitrogens with zero attached hydrogens (tertiary/aromatic N) is 4. The minimum absolute atomic E-state index is 0.000236. The molecule has 0 spiro atoms. The van der Waals surface area contributed by atoms with Crippen LogP contribution in [0.25, 0.3) is 0 Å². The van der Waals surface area contributed by atoms with Gasteiger partial charge in [-0.15, -0.1) is 0 Å². The molecule has 2 amide bonds. The smallest absolute Gasteiger partial charge is 0.244 e. The van der Waals surface area contributed by atoms with Gasteiger partial charge in [0.25, 0.3) is 0 Å². The van der Waals surface area contributed by atoms with Crippen LogP contribution in [0.5, 0.6) is 5.75 Å². The molecule has 156 valence electrons. The van der Waals surface area contributed by atoms with E-state index in [-0.39, 0.29) is 18.2 Å². The lowest BCUT2D eigenvalue weighted by Gasteiger charge is -2.38. The first kappa shape index (κ1) is 20.9. The van der Waals surface area contributed by atoms with Crippen LogP contribution in [0.2, 0.25) is 0 Å². The molecule has 1 aliphatic heterocycles. The van der Waals surface area contributed by atoms with Crippen molar-refractivity contribution in [1.29, 1.82) is 0 Å². The molecule has 1 aliphatic rings. The van der Waals surface area contributed by atoms with Gasteiger partial charge in [0.1, 0.15) is 11.8 Å². The van der Waals surface area contributed by atoms with Gasteiger partial charge in [-0.2, -0.15) is 5.10 Å². The van der Waals surface area contributed by atoms with Gasteiger partial charge in [0, 0.05) is 38.4 Å². The second-order valence-corrected chi connectivity index (χ2v) is 7.25. The predicted molar refractivity (Wildman–Crippen MR) is 111 cm³/mol. The summed E-state index contributed by atoms with van der Waals surface area (Å²) in [6.07, 6.45) is 2.11. The third-order valence-electron chi connectivity index (χ3n) is 5.19. The molecule has 1 N–H and O–H groups in total. The first-order chi connectivity index (χ1) is 14.0. The third-order valence-corrected chi connectivity index (χ3v) is 5.19. The molecule has 1 unspecified atom stereocenters. The molecule has 2 heterocycles. The van der Waals surface area contributed by atoms with Crippen molar-refractivity contribution in [1.82, 2.24) is 19.6 Å². The zero-order valence-electron chi connectivity index (χ0n) is 17.3. The van der Waals surface area contributed by atoms with Crippen LogP contribution in [-0.2, 0) is 16.1 Å². The number of hydrogen-bond donors (Lipinski definition) is 1. The number of anilines is 1. The lowest BCUT2D eigenvalue weighted by Crippen LogP contribution is -2.57. The molecule has 1 fully saturated rings. The van der Waals surface area contributed by atoms with E-state index in [0.717, 1.165) is 17.9 Å². The van der Waals surface area contributed by atoms with Gasteiger partial charge in [-0.3, -0.25) is 19.2 Å². The van der Waals surface area contributed by atoms with Crippen LogP contribution in [-0.4, -0.2) is 70.7 Å². The number of benzene rings is 1. The van der Waals surface area contributed by atoms with E-state index in [1.54, 1.807) is 15.6 Å². The first-order valence-electron chi connectivity index (χ1n) is 9.98. The molecule has 0 bridgehead atoms. The van der Waals surface area contributed by atoms with Crippen molar-refractivity contribution >= 4 is 17.6 Å². The lowest BCUT2D eigenvalue weighted by atomic mass is 10.1. The van der Waals surface area contributed by atoms with Crippen molar-refractivity contribution in [2.24, 2.45) is 0 Å². The third kappa shape index (κ3) is 5.35. The lowest BCUT2D eigenvalue weighted by molar-refractivity contribution is -0.136. The maximum Gasteiger partial charge on any atom is 0.244 e. The Balaban J connectivity index is 1.52. The number of carbonyl (C=O) groups excluding carboxylic acids is 2. The van der Waals surface area contributed by atoms with Crippen LogP contribution in [0, 0.1) is 6.92 Å². The molecule has 8 nitrogen and oxygen atoms in total. The van der Waals surface area contributed by atoms with Gasteiger partial charge in [0.2, 0.25) is 11.8 Å². The van der Waals surface area contributed by atoms with Gasteiger partial charge >= 0.3 is 0 Å². The summed E-state index contributed by atoms with van der Waals surface area (Å²) >= 11 is 0. The summed E-state index contributed by atoms with van der Waals surface area (Å²) in [5, 5.41) is 7.14. The summed E-state index contributed by atoms with van der Waals surface area (Å²) in [4.78, 5) is 29.1. The van der Waals surface area contributed by atoms with Gasteiger partial charge in [-0.05, 0) is 32.5 Å². The molecule has 1 atom stereocenters. The molecule has 0 saturated carbocycles. The number of aryl methyl sites for hydroxylation is 2. The first-order valence-corrected chi connectivity index (χ1v) is 9.98. The fourth-order valence-electron chi connectivity index (χ4n) is 3.32. The standard InChI is InChI=1S/C21H29N5O3/c1-4-26-11-9-19(23-26)22-21(28)17-15-25(13-12-24(17)3)20(27)10-14-29-18-8-6-5-7-16(18)2/h5-9,11,17H,4,10,12-15H2,1-3H3,(H,22,23,28). The Morgan fingerprint density at radius 1 is 1.24 bits per heavy atom. The number of para-hydroxylation sites is 1. The minimum atomic E-state index is -0.406. The van der Waals surface area contributed by atoms with Crippen LogP contribution >= 0.6 is 0 Å². The molecular weight excluding hydrogens is 370 g/mol. The van der Waals surface area contributed by atoms with Crippen LogP contribution in [0.3, 0.4) is 0 Å². The summed E-state index contributed by atoms with van der Waals surface area (Å²) in [5.74, 6) is 1.17. The number of carbonyl (C=O) groups is 2. The molecule has 2 aromatic rings. The minimum Gasteiger partial charge on any atom is -0.493 e. The van der Waals surface area contributed by atoms with E-state index in [0.29, 0.717) is 32.1 Å². The highest BCUT2D eigenvalue weighted by Gasteiger charge is 2.32. The molecule has 1 aromatic carbocycles. The Morgan fingerprint density at radius 2 is 2.03 bits per heavy atom. The van der Waals surface area contributed by atoms with Crippen molar-refractivity contribution < 1.29 is 14.3 Å². The molecular formula is C21H29N5O3. The fourth-order valence-corrected chi connectivity index (χ4v) is 3.32. The second-order valence-electron chi connectivity index (χ2n) is 7.25. The van der Waals surface area contributed by atoms with E-state index < -0.39 is 6.04 Å². The Labute approximate surface area is 171 Å². The van der Waals surface area contributed by atoms with Crippen LogP contribution < -0.4 is 10.1 Å². The topological polar surface area (TPSA) is 79.7 Å². The van der Waals surface area contributed by atoms with E-state index >= 15 is 0 Å². The van der Waals surface area contributed by atoms with Crippen molar-refractivity contribution in [2.75, 3.05) is 38.6 Å². The zero-order valence-corrected chi connectivity index (χ0v) is 17.3. The summed E-state index contributed by atoms with van der Waals surface area (Å²) in [5.41, 5.74) is 1.04. The van der Waals surface area contributed by atoms with E-state index in [1.165, 1.54) is 0 Å². The van der Waals surface area contributed by atoms with Gasteiger partial charge < -0.3 is 15.0 Å². The average molecular weight is 399 g/mol. The van der Waals surface area contributed by atoms with E-state index in [1.807, 2.05) is 56.3 Å². The van der Waals surface area contributed by atoms with Gasteiger partial charge in [0.15, 0.2) is 5.82 Å². The van der Waals surface area contributed by atoms with Crippen molar-refractivity contribution in [3.8, 4) is 5.75 Å². The van der Waals surface area contributed by atoms with Crippen molar-refractivity contribution in [2.45, 2.75) is 32.9 Å². The number of likely N-dealkylation sites (N-methyl/N-ethyl adjacent to an activating group) is 1. The van der Waals surface area contributed by atoms with Crippen LogP contribution in [0.4, 0.5) is 5.82 Å². The SMILES string of the molecule is CCn1ccc(NC(=O)C2CN(C(=O)CCOc3ccccc3C)CCN2C)n1. The van der Waals surface area contributed by atoms with E-state index in [4.69, 9.17) is 4.74 Å². The van der Waals surface area contributed by atoms with Crippen LogP contribution in [0.1, 0.15) is 18.9 Å². The molecule has 8 heteroatoms. The van der Waals surface area contributed by atoms with Gasteiger partial charge in [-0.25, -0.2) is 0 Å². The van der Waals surface area contributed by atoms with Gasteiger partial charge in [0.05, 0.1) is 13.0 Å². The average Bonchev–Trinajstić information content (AvgIpc) is 3.17. The molecule has 3 rings (SSSR count). The fraction of sp³-hybridized carbons (Fsp3) is 0.476. The number of amides is 2. The zero-order chi connectivity index (χ0) is 20.8. The Kier molecular flexibility index (Phi) is 6.87. The quantitative estimate of drug-likeness (QED) is 0.768. The van der Waals surface area contributed by atoms with E-state index in [9.17, 15) is 9.59 Å². The highest BCUT2D eigenvalue weighted by molar-refractivity contribution is 5.94. The number of rotatable bonds is 7. The summed E-state index contributed by atoms with van der Waals surface area (Å²) in [7, 11) is 1.90. The van der Waals surface area contributed by atoms with Crippen molar-refractivity contribution in [3.05, 3.63) is 42.1 Å². The molecule has 29 heavy (non-hydrogen) atoms. The Morgan fingerprint density at radius 3 is 2.76 bits per heavy atom. The predicted octanol–water partition coefficient (Wildman–Crippen LogP) is 1.76. The normalized spacial score (nSPS) is 17.2. The number of hydrogen-bond acceptors (Lipinski definition) is 5. The summed E-state index contributed by atoms with van der Waals surface area (Å²) < 4.78 is 7.49. The van der Waals surface area contributed by atoms with Gasteiger partial charge in [-0.1, -0.05) is 18.2 Å². The Bertz CT molecular complexity index is 850. The second kappa shape index (κ2) is 9.56. The maximum atomic E-state index is 12.7. The summed E-state index contributed by atoms with van der Waals surface area (Å²) in [6, 6.07) is 9.11. The van der Waals surface area contributed by atoms with Crippen molar-refractivity contribution in [3.63, 3.8) is 0 Å².